The molecule has 1 aromatic rings. The molecule has 0 bridgehead atoms. The van der Waals surface area contributed by atoms with Crippen LogP contribution in [-0.2, 0) is 16.1 Å². The molecule has 1 aliphatic heterocycles. The zero-order chi connectivity index (χ0) is 13.8. The van der Waals surface area contributed by atoms with Gasteiger partial charge in [-0.25, -0.2) is 0 Å². The number of rotatable bonds is 3. The van der Waals surface area contributed by atoms with Gasteiger partial charge in [0.1, 0.15) is 6.54 Å². The molecule has 19 heavy (non-hydrogen) atoms. The van der Waals surface area contributed by atoms with E-state index in [0.29, 0.717) is 17.7 Å². The van der Waals surface area contributed by atoms with Gasteiger partial charge in [0.05, 0.1) is 10.2 Å². The largest absolute Gasteiger partial charge is 0.394 e. The lowest BCUT2D eigenvalue weighted by molar-refractivity contribution is -0.122. The quantitative estimate of drug-likeness (QED) is 0.844. The summed E-state index contributed by atoms with van der Waals surface area (Å²) >= 11 is 3.12. The molecule has 7 heteroatoms. The minimum Gasteiger partial charge on any atom is -0.394 e. The summed E-state index contributed by atoms with van der Waals surface area (Å²) in [4.78, 5) is 23.3. The van der Waals surface area contributed by atoms with E-state index in [1.807, 2.05) is 0 Å². The number of nitrogens with one attached hydrogen (secondary N) is 1. The molecule has 0 saturated carbocycles. The third kappa shape index (κ3) is 3.81. The number of hydrogen-bond acceptors (Lipinski definition) is 4. The van der Waals surface area contributed by atoms with Gasteiger partial charge in [-0.2, -0.15) is 0 Å². The second-order valence-corrected chi connectivity index (χ2v) is 5.37. The molecule has 104 valence electrons. The van der Waals surface area contributed by atoms with Crippen LogP contribution < -0.4 is 16.5 Å². The molecular formula is C12H16BrN3O3. The van der Waals surface area contributed by atoms with E-state index >= 15 is 0 Å². The van der Waals surface area contributed by atoms with Crippen molar-refractivity contribution in [3.8, 4) is 0 Å². The Morgan fingerprint density at radius 2 is 2.16 bits per heavy atom. The zero-order valence-electron chi connectivity index (χ0n) is 10.4. The maximum absolute atomic E-state index is 11.9. The van der Waals surface area contributed by atoms with Gasteiger partial charge in [0.15, 0.2) is 0 Å². The first-order valence-electron chi connectivity index (χ1n) is 6.08. The Balaban J connectivity index is 1.96. The van der Waals surface area contributed by atoms with E-state index in [-0.39, 0.29) is 29.6 Å². The average molecular weight is 330 g/mol. The Bertz CT molecular complexity index is 497. The highest BCUT2D eigenvalue weighted by Gasteiger charge is 2.16. The van der Waals surface area contributed by atoms with Crippen LogP contribution in [0.4, 0.5) is 5.69 Å². The van der Waals surface area contributed by atoms with Gasteiger partial charge in [-0.05, 0) is 28.8 Å². The number of ether oxygens (including phenoxy) is 1. The number of carbonyl (C=O) groups excluding carboxylic acids is 1. The predicted molar refractivity (Wildman–Crippen MR) is 74.8 cm³/mol. The number of pyridine rings is 1. The summed E-state index contributed by atoms with van der Waals surface area (Å²) < 4.78 is 7.18. The lowest BCUT2D eigenvalue weighted by Crippen LogP contribution is -2.40. The topological polar surface area (TPSA) is 86.3 Å². The number of aromatic nitrogens is 1. The molecule has 0 unspecified atom stereocenters. The second kappa shape index (κ2) is 6.21. The van der Waals surface area contributed by atoms with Gasteiger partial charge >= 0.3 is 0 Å². The van der Waals surface area contributed by atoms with Crippen molar-refractivity contribution in [1.29, 1.82) is 0 Å². The molecule has 1 aliphatic rings. The van der Waals surface area contributed by atoms with Crippen molar-refractivity contribution in [3.63, 3.8) is 0 Å². The standard InChI is InChI=1S/C12H16BrN3O3/c13-9-5-16(6-10(14)12(9)18)7-11(17)15-8-1-3-19-4-2-8/h5-6,8H,1-4,7,14H2,(H,15,17). The minimum absolute atomic E-state index is 0.0955. The smallest absolute Gasteiger partial charge is 0.240 e. The number of amides is 1. The molecular weight excluding hydrogens is 314 g/mol. The van der Waals surface area contributed by atoms with Crippen LogP contribution in [-0.4, -0.2) is 29.7 Å². The normalized spacial score (nSPS) is 16.3. The number of anilines is 1. The van der Waals surface area contributed by atoms with Crippen molar-refractivity contribution in [2.24, 2.45) is 0 Å². The Kier molecular flexibility index (Phi) is 4.60. The molecule has 0 aliphatic carbocycles. The fourth-order valence-electron chi connectivity index (χ4n) is 1.99. The highest BCUT2D eigenvalue weighted by Crippen LogP contribution is 2.08. The van der Waals surface area contributed by atoms with E-state index in [1.165, 1.54) is 6.20 Å². The molecule has 1 aromatic heterocycles. The number of hydrogen-bond donors (Lipinski definition) is 2. The first-order valence-corrected chi connectivity index (χ1v) is 6.87. The van der Waals surface area contributed by atoms with Crippen LogP contribution in [0.2, 0.25) is 0 Å². The number of nitrogens with two attached hydrogens (primary N) is 1. The summed E-state index contributed by atoms with van der Waals surface area (Å²) in [5.74, 6) is -0.0955. The molecule has 0 aromatic carbocycles. The van der Waals surface area contributed by atoms with Crippen LogP contribution in [0.15, 0.2) is 21.7 Å². The van der Waals surface area contributed by atoms with Gasteiger partial charge in [-0.15, -0.1) is 0 Å². The second-order valence-electron chi connectivity index (χ2n) is 4.52. The highest BCUT2D eigenvalue weighted by molar-refractivity contribution is 9.10. The maximum atomic E-state index is 11.9. The number of halogens is 1. The van der Waals surface area contributed by atoms with Crippen molar-refractivity contribution in [3.05, 3.63) is 27.1 Å². The third-order valence-electron chi connectivity index (χ3n) is 2.98. The number of nitrogen functional groups attached to an aromatic ring is 1. The summed E-state index contributed by atoms with van der Waals surface area (Å²) in [7, 11) is 0. The van der Waals surface area contributed by atoms with Gasteiger partial charge in [0.2, 0.25) is 11.3 Å². The van der Waals surface area contributed by atoms with Crippen molar-refractivity contribution < 1.29 is 9.53 Å². The van der Waals surface area contributed by atoms with E-state index in [9.17, 15) is 9.59 Å². The van der Waals surface area contributed by atoms with Crippen molar-refractivity contribution in [2.45, 2.75) is 25.4 Å². The van der Waals surface area contributed by atoms with E-state index < -0.39 is 0 Å². The molecule has 3 N–H and O–H groups in total. The van der Waals surface area contributed by atoms with Gasteiger partial charge in [0, 0.05) is 31.6 Å². The lowest BCUT2D eigenvalue weighted by atomic mass is 10.1. The van der Waals surface area contributed by atoms with E-state index in [4.69, 9.17) is 10.5 Å². The molecule has 0 radical (unpaired) electrons. The Hall–Kier alpha value is -1.34. The Labute approximate surface area is 119 Å². The molecule has 0 atom stereocenters. The van der Waals surface area contributed by atoms with E-state index in [1.54, 1.807) is 10.8 Å². The summed E-state index contributed by atoms with van der Waals surface area (Å²) in [5, 5.41) is 2.95. The molecule has 6 nitrogen and oxygen atoms in total. The van der Waals surface area contributed by atoms with E-state index in [2.05, 4.69) is 21.2 Å². The van der Waals surface area contributed by atoms with Gasteiger partial charge in [0.25, 0.3) is 0 Å². The van der Waals surface area contributed by atoms with Crippen LogP contribution in [0, 0.1) is 0 Å². The van der Waals surface area contributed by atoms with Crippen LogP contribution in [0.5, 0.6) is 0 Å². The highest BCUT2D eigenvalue weighted by atomic mass is 79.9. The summed E-state index contributed by atoms with van der Waals surface area (Å²) in [6.45, 7) is 1.50. The Morgan fingerprint density at radius 1 is 1.47 bits per heavy atom. The zero-order valence-corrected chi connectivity index (χ0v) is 12.0. The van der Waals surface area contributed by atoms with Crippen molar-refractivity contribution in [2.75, 3.05) is 18.9 Å². The SMILES string of the molecule is Nc1cn(CC(=O)NC2CCOCC2)cc(Br)c1=O. The van der Waals surface area contributed by atoms with Gasteiger partial charge in [-0.3, -0.25) is 9.59 Å². The molecule has 2 heterocycles. The number of carbonyl (C=O) groups is 1. The summed E-state index contributed by atoms with van der Waals surface area (Å²) in [6, 6.07) is 0.168. The monoisotopic (exact) mass is 329 g/mol. The summed E-state index contributed by atoms with van der Waals surface area (Å²) in [6.07, 6.45) is 4.70. The third-order valence-corrected chi connectivity index (χ3v) is 3.54. The maximum Gasteiger partial charge on any atom is 0.240 e. The molecule has 1 fully saturated rings. The molecule has 1 amide bonds. The molecule has 0 spiro atoms. The van der Waals surface area contributed by atoms with Crippen LogP contribution >= 0.6 is 15.9 Å². The van der Waals surface area contributed by atoms with Crippen molar-refractivity contribution in [1.82, 2.24) is 9.88 Å². The molecule has 1 saturated heterocycles. The summed E-state index contributed by atoms with van der Waals surface area (Å²) in [5.41, 5.74) is 5.43. The van der Waals surface area contributed by atoms with Crippen LogP contribution in [0.3, 0.4) is 0 Å². The molecule has 2 rings (SSSR count). The fourth-order valence-corrected chi connectivity index (χ4v) is 2.48. The van der Waals surface area contributed by atoms with Gasteiger partial charge < -0.3 is 20.4 Å². The lowest BCUT2D eigenvalue weighted by Gasteiger charge is -2.23. The first kappa shape index (κ1) is 14.1. The van der Waals surface area contributed by atoms with E-state index in [0.717, 1.165) is 12.8 Å². The fraction of sp³-hybridized carbons (Fsp3) is 0.500. The van der Waals surface area contributed by atoms with Gasteiger partial charge in [-0.1, -0.05) is 0 Å². The number of nitrogens with zero attached hydrogens (tertiary/aromatic N) is 1. The van der Waals surface area contributed by atoms with Crippen LogP contribution in [0.1, 0.15) is 12.8 Å². The minimum atomic E-state index is -0.263. The first-order chi connectivity index (χ1) is 9.06. The van der Waals surface area contributed by atoms with Crippen LogP contribution in [0.25, 0.3) is 0 Å². The van der Waals surface area contributed by atoms with Crippen molar-refractivity contribution >= 4 is 27.5 Å². The Morgan fingerprint density at radius 3 is 2.79 bits per heavy atom. The average Bonchev–Trinajstić information content (AvgIpc) is 2.37. The predicted octanol–water partition coefficient (Wildman–Crippen LogP) is 0.488.